The zero-order valence-electron chi connectivity index (χ0n) is 14.4. The number of pyridine rings is 1. The van der Waals surface area contributed by atoms with Crippen LogP contribution < -0.4 is 5.32 Å². The van der Waals surface area contributed by atoms with Crippen LogP contribution in [0.3, 0.4) is 0 Å². The number of amides is 1. The lowest BCUT2D eigenvalue weighted by Gasteiger charge is -2.11. The summed E-state index contributed by atoms with van der Waals surface area (Å²) in [6, 6.07) is 12.1. The summed E-state index contributed by atoms with van der Waals surface area (Å²) in [6.45, 7) is 4.80. The number of nitrogens with zero attached hydrogens (tertiary/aromatic N) is 1. The van der Waals surface area contributed by atoms with Crippen molar-refractivity contribution in [3.8, 4) is 0 Å². The van der Waals surface area contributed by atoms with Crippen LogP contribution in [-0.4, -0.2) is 17.4 Å². The Morgan fingerprint density at radius 2 is 2.08 bits per heavy atom. The Morgan fingerprint density at radius 3 is 2.83 bits per heavy atom. The second-order valence-electron chi connectivity index (χ2n) is 6.38. The Morgan fingerprint density at radius 1 is 1.29 bits per heavy atom. The van der Waals surface area contributed by atoms with Gasteiger partial charge in [-0.1, -0.05) is 30.3 Å². The maximum Gasteiger partial charge on any atom is 0.251 e. The lowest BCUT2D eigenvalue weighted by atomic mass is 9.98. The Kier molecular flexibility index (Phi) is 5.09. The van der Waals surface area contributed by atoms with Crippen molar-refractivity contribution in [1.29, 1.82) is 0 Å². The van der Waals surface area contributed by atoms with E-state index in [0.29, 0.717) is 18.0 Å². The Labute approximate surface area is 143 Å². The van der Waals surface area contributed by atoms with E-state index < -0.39 is 0 Å². The largest absolute Gasteiger partial charge is 0.352 e. The molecule has 1 aliphatic rings. The van der Waals surface area contributed by atoms with Gasteiger partial charge in [0, 0.05) is 29.9 Å². The quantitative estimate of drug-likeness (QED) is 0.859. The molecule has 2 aromatic rings. The first-order valence-corrected chi connectivity index (χ1v) is 8.64. The van der Waals surface area contributed by atoms with Gasteiger partial charge in [-0.15, -0.1) is 0 Å². The second-order valence-corrected chi connectivity index (χ2v) is 6.38. The fourth-order valence-electron chi connectivity index (χ4n) is 2.88. The predicted octanol–water partition coefficient (Wildman–Crippen LogP) is 4.35. The lowest BCUT2D eigenvalue weighted by Crippen LogP contribution is -2.26. The van der Waals surface area contributed by atoms with E-state index in [1.165, 1.54) is 29.5 Å². The van der Waals surface area contributed by atoms with Crippen LogP contribution in [0.15, 0.2) is 48.7 Å². The molecule has 0 unspecified atom stereocenters. The van der Waals surface area contributed by atoms with Crippen molar-refractivity contribution in [2.75, 3.05) is 6.54 Å². The van der Waals surface area contributed by atoms with Crippen LogP contribution in [0.4, 0.5) is 0 Å². The number of carbonyl (C=O) groups excluding carboxylic acids is 1. The van der Waals surface area contributed by atoms with E-state index >= 15 is 0 Å². The Bertz CT molecular complexity index is 760. The van der Waals surface area contributed by atoms with Crippen molar-refractivity contribution in [2.24, 2.45) is 0 Å². The first-order chi connectivity index (χ1) is 11.7. The molecule has 1 N–H and O–H groups in total. The van der Waals surface area contributed by atoms with Gasteiger partial charge in [-0.2, -0.15) is 0 Å². The molecule has 1 aromatic heterocycles. The number of hydrogen-bond acceptors (Lipinski definition) is 2. The maximum absolute atomic E-state index is 12.4. The molecule has 1 heterocycles. The molecule has 0 radical (unpaired) electrons. The van der Waals surface area contributed by atoms with E-state index in [2.05, 4.69) is 48.4 Å². The Balaban J connectivity index is 1.60. The minimum absolute atomic E-state index is 0.0143. The molecular formula is C21H24N2O. The van der Waals surface area contributed by atoms with Crippen LogP contribution in [0, 0.1) is 0 Å². The van der Waals surface area contributed by atoms with Gasteiger partial charge in [0.05, 0.1) is 0 Å². The first-order valence-electron chi connectivity index (χ1n) is 8.64. The zero-order valence-corrected chi connectivity index (χ0v) is 14.4. The van der Waals surface area contributed by atoms with Crippen LogP contribution >= 0.6 is 0 Å². The molecule has 1 saturated carbocycles. The number of hydrogen-bond donors (Lipinski definition) is 1. The fraction of sp³-hybridized carbons (Fsp3) is 0.333. The fourth-order valence-corrected chi connectivity index (χ4v) is 2.88. The molecule has 0 aliphatic heterocycles. The highest BCUT2D eigenvalue weighted by Crippen LogP contribution is 2.38. The van der Waals surface area contributed by atoms with Crippen LogP contribution in [0.5, 0.6) is 0 Å². The highest BCUT2D eigenvalue weighted by atomic mass is 16.1. The number of rotatable bonds is 6. The van der Waals surface area contributed by atoms with Crippen LogP contribution in [-0.2, 0) is 6.42 Å². The molecule has 0 bridgehead atoms. The molecule has 1 amide bonds. The number of benzene rings is 1. The number of aromatic nitrogens is 1. The third-order valence-corrected chi connectivity index (χ3v) is 4.59. The van der Waals surface area contributed by atoms with Gasteiger partial charge in [-0.3, -0.25) is 9.78 Å². The van der Waals surface area contributed by atoms with Crippen molar-refractivity contribution in [3.63, 3.8) is 0 Å². The highest BCUT2D eigenvalue weighted by molar-refractivity contribution is 5.94. The average molecular weight is 320 g/mol. The molecular weight excluding hydrogens is 296 g/mol. The molecule has 124 valence electrons. The lowest BCUT2D eigenvalue weighted by molar-refractivity contribution is 0.0954. The van der Waals surface area contributed by atoms with E-state index in [1.807, 2.05) is 12.1 Å². The van der Waals surface area contributed by atoms with Crippen LogP contribution in [0.2, 0.25) is 0 Å². The van der Waals surface area contributed by atoms with Crippen molar-refractivity contribution in [3.05, 3.63) is 71.1 Å². The molecule has 0 spiro atoms. The summed E-state index contributed by atoms with van der Waals surface area (Å²) >= 11 is 0. The van der Waals surface area contributed by atoms with Crippen molar-refractivity contribution < 1.29 is 4.79 Å². The minimum atomic E-state index is -0.0143. The van der Waals surface area contributed by atoms with Gasteiger partial charge in [0.25, 0.3) is 5.91 Å². The average Bonchev–Trinajstić information content (AvgIpc) is 3.46. The summed E-state index contributed by atoms with van der Waals surface area (Å²) in [5.74, 6) is 0.549. The molecule has 3 heteroatoms. The van der Waals surface area contributed by atoms with Gasteiger partial charge < -0.3 is 5.32 Å². The number of carbonyl (C=O) groups is 1. The second kappa shape index (κ2) is 7.43. The standard InChI is InChI=1S/C21H24N2O/c1-3-15(2)19-7-5-4-6-16(19)10-13-23-21(24)18-11-12-22-20(14-18)17-8-9-17/h3-7,11-12,14,17H,8-10,13H2,1-2H3,(H,23,24)/b15-3-. The van der Waals surface area contributed by atoms with Crippen molar-refractivity contribution in [1.82, 2.24) is 10.3 Å². The molecule has 1 fully saturated rings. The van der Waals surface area contributed by atoms with Crippen molar-refractivity contribution in [2.45, 2.75) is 39.0 Å². The molecule has 1 aromatic carbocycles. The van der Waals surface area contributed by atoms with Gasteiger partial charge in [0.2, 0.25) is 0 Å². The van der Waals surface area contributed by atoms with E-state index in [9.17, 15) is 4.79 Å². The molecule has 0 saturated heterocycles. The smallest absolute Gasteiger partial charge is 0.251 e. The van der Waals surface area contributed by atoms with E-state index in [1.54, 1.807) is 12.3 Å². The summed E-state index contributed by atoms with van der Waals surface area (Å²) in [5.41, 5.74) is 5.55. The monoisotopic (exact) mass is 320 g/mol. The normalized spacial score (nSPS) is 14.5. The number of allylic oxidation sites excluding steroid dienone is 2. The Hall–Kier alpha value is -2.42. The summed E-state index contributed by atoms with van der Waals surface area (Å²) in [6.07, 6.45) is 7.08. The van der Waals surface area contributed by atoms with E-state index in [0.717, 1.165) is 12.1 Å². The zero-order chi connectivity index (χ0) is 16.9. The molecule has 24 heavy (non-hydrogen) atoms. The SMILES string of the molecule is C/C=C(/C)c1ccccc1CCNC(=O)c1ccnc(C2CC2)c1. The van der Waals surface area contributed by atoms with Gasteiger partial charge >= 0.3 is 0 Å². The third-order valence-electron chi connectivity index (χ3n) is 4.59. The van der Waals surface area contributed by atoms with Gasteiger partial charge in [-0.25, -0.2) is 0 Å². The summed E-state index contributed by atoms with van der Waals surface area (Å²) in [7, 11) is 0. The topological polar surface area (TPSA) is 42.0 Å². The highest BCUT2D eigenvalue weighted by Gasteiger charge is 2.25. The van der Waals surface area contributed by atoms with Crippen LogP contribution in [0.25, 0.3) is 5.57 Å². The molecule has 3 nitrogen and oxygen atoms in total. The predicted molar refractivity (Wildman–Crippen MR) is 98.0 cm³/mol. The molecule has 3 rings (SSSR count). The van der Waals surface area contributed by atoms with Gasteiger partial charge in [0.1, 0.15) is 0 Å². The number of nitrogens with one attached hydrogen (secondary N) is 1. The third kappa shape index (κ3) is 3.91. The van der Waals surface area contributed by atoms with Gasteiger partial charge in [-0.05, 0) is 61.9 Å². The maximum atomic E-state index is 12.4. The van der Waals surface area contributed by atoms with Gasteiger partial charge in [0.15, 0.2) is 0 Å². The van der Waals surface area contributed by atoms with Crippen molar-refractivity contribution >= 4 is 11.5 Å². The van der Waals surface area contributed by atoms with Crippen LogP contribution in [0.1, 0.15) is 59.8 Å². The summed E-state index contributed by atoms with van der Waals surface area (Å²) in [4.78, 5) is 16.7. The van der Waals surface area contributed by atoms with E-state index in [-0.39, 0.29) is 5.91 Å². The molecule has 0 atom stereocenters. The minimum Gasteiger partial charge on any atom is -0.352 e. The summed E-state index contributed by atoms with van der Waals surface area (Å²) in [5, 5.41) is 3.03. The molecule has 1 aliphatic carbocycles. The van der Waals surface area contributed by atoms with E-state index in [4.69, 9.17) is 0 Å². The first kappa shape index (κ1) is 16.4. The summed E-state index contributed by atoms with van der Waals surface area (Å²) < 4.78 is 0.